The van der Waals surface area contributed by atoms with Crippen LogP contribution in [-0.4, -0.2) is 25.1 Å². The van der Waals surface area contributed by atoms with E-state index in [4.69, 9.17) is 4.74 Å². The van der Waals surface area contributed by atoms with Crippen molar-refractivity contribution in [1.29, 1.82) is 0 Å². The molecule has 0 atom stereocenters. The van der Waals surface area contributed by atoms with E-state index in [1.165, 1.54) is 5.56 Å². The second kappa shape index (κ2) is 9.96. The van der Waals surface area contributed by atoms with E-state index >= 15 is 0 Å². The number of nitrogens with zero attached hydrogens (tertiary/aromatic N) is 2. The molecule has 0 aliphatic rings. The Kier molecular flexibility index (Phi) is 8.64. The quantitative estimate of drug-likeness (QED) is 0.392. The minimum atomic E-state index is 0. The lowest BCUT2D eigenvalue weighted by Crippen LogP contribution is -2.36. The van der Waals surface area contributed by atoms with Crippen LogP contribution in [0, 0.1) is 0 Å². The highest BCUT2D eigenvalue weighted by atomic mass is 127. The van der Waals surface area contributed by atoms with Crippen molar-refractivity contribution >= 4 is 41.3 Å². The van der Waals surface area contributed by atoms with Crippen LogP contribution < -0.4 is 15.4 Å². The second-order valence-corrected chi connectivity index (χ2v) is 7.45. The highest BCUT2D eigenvalue weighted by molar-refractivity contribution is 14.0. The van der Waals surface area contributed by atoms with Crippen molar-refractivity contribution in [2.45, 2.75) is 39.3 Å². The zero-order valence-corrected chi connectivity index (χ0v) is 18.6. The minimum absolute atomic E-state index is 0. The van der Waals surface area contributed by atoms with Crippen LogP contribution in [0.15, 0.2) is 34.6 Å². The zero-order valence-electron chi connectivity index (χ0n) is 15.4. The Labute approximate surface area is 171 Å². The van der Waals surface area contributed by atoms with Crippen LogP contribution in [0.5, 0.6) is 5.75 Å². The van der Waals surface area contributed by atoms with Crippen LogP contribution in [0.2, 0.25) is 0 Å². The Morgan fingerprint density at radius 1 is 1.16 bits per heavy atom. The summed E-state index contributed by atoms with van der Waals surface area (Å²) in [6.45, 7) is 7.90. The van der Waals surface area contributed by atoms with Gasteiger partial charge >= 0.3 is 0 Å². The molecule has 0 radical (unpaired) electrons. The summed E-state index contributed by atoms with van der Waals surface area (Å²) in [6, 6.07) is 7.98. The Balaban J connectivity index is 0.00000312. The van der Waals surface area contributed by atoms with E-state index in [1.807, 2.05) is 24.3 Å². The second-order valence-electron chi connectivity index (χ2n) is 6.50. The van der Waals surface area contributed by atoms with Crippen molar-refractivity contribution in [2.75, 3.05) is 14.2 Å². The standard InChI is InChI=1S/C18H26N4OS.HI/c1-18(2,3)15-12-24-16(22-15)11-21-17(19-4)20-10-13-6-8-14(23-5)9-7-13;/h6-9,12H,10-11H2,1-5H3,(H2,19,20,21);1H. The van der Waals surface area contributed by atoms with Crippen LogP contribution in [0.1, 0.15) is 37.0 Å². The van der Waals surface area contributed by atoms with Gasteiger partial charge in [-0.2, -0.15) is 0 Å². The summed E-state index contributed by atoms with van der Waals surface area (Å²) in [4.78, 5) is 8.94. The van der Waals surface area contributed by atoms with Crippen LogP contribution in [0.3, 0.4) is 0 Å². The van der Waals surface area contributed by atoms with Gasteiger partial charge in [0.2, 0.25) is 0 Å². The normalized spacial score (nSPS) is 11.6. The van der Waals surface area contributed by atoms with E-state index in [0.29, 0.717) is 13.1 Å². The smallest absolute Gasteiger partial charge is 0.191 e. The van der Waals surface area contributed by atoms with Crippen molar-refractivity contribution in [1.82, 2.24) is 15.6 Å². The first-order valence-corrected chi connectivity index (χ1v) is 8.82. The summed E-state index contributed by atoms with van der Waals surface area (Å²) in [7, 11) is 3.44. The molecule has 2 N–H and O–H groups in total. The number of rotatable bonds is 5. The van der Waals surface area contributed by atoms with E-state index in [-0.39, 0.29) is 29.4 Å². The predicted molar refractivity (Wildman–Crippen MR) is 116 cm³/mol. The molecule has 25 heavy (non-hydrogen) atoms. The Morgan fingerprint density at radius 3 is 2.32 bits per heavy atom. The maximum atomic E-state index is 5.17. The lowest BCUT2D eigenvalue weighted by Gasteiger charge is -2.14. The van der Waals surface area contributed by atoms with Crippen molar-refractivity contribution in [2.24, 2.45) is 4.99 Å². The molecule has 0 bridgehead atoms. The molecule has 0 saturated heterocycles. The van der Waals surface area contributed by atoms with Gasteiger partial charge in [0.05, 0.1) is 19.3 Å². The average Bonchev–Trinajstić information content (AvgIpc) is 3.05. The highest BCUT2D eigenvalue weighted by Crippen LogP contribution is 2.23. The third-order valence-electron chi connectivity index (χ3n) is 3.57. The van der Waals surface area contributed by atoms with E-state index < -0.39 is 0 Å². The summed E-state index contributed by atoms with van der Waals surface area (Å²) in [5.74, 6) is 1.62. The highest BCUT2D eigenvalue weighted by Gasteiger charge is 2.17. The number of ether oxygens (including phenoxy) is 1. The molecule has 1 heterocycles. The molecule has 0 amide bonds. The van der Waals surface area contributed by atoms with Gasteiger partial charge in [-0.05, 0) is 17.7 Å². The number of nitrogens with one attached hydrogen (secondary N) is 2. The molecule has 0 aliphatic carbocycles. The number of methoxy groups -OCH3 is 1. The minimum Gasteiger partial charge on any atom is -0.497 e. The lowest BCUT2D eigenvalue weighted by atomic mass is 9.93. The third kappa shape index (κ3) is 6.81. The van der Waals surface area contributed by atoms with Crippen molar-refractivity contribution < 1.29 is 4.74 Å². The van der Waals surface area contributed by atoms with E-state index in [9.17, 15) is 0 Å². The molecule has 1 aromatic heterocycles. The molecule has 0 unspecified atom stereocenters. The zero-order chi connectivity index (χ0) is 17.6. The lowest BCUT2D eigenvalue weighted by molar-refractivity contribution is 0.414. The largest absolute Gasteiger partial charge is 0.497 e. The van der Waals surface area contributed by atoms with Crippen LogP contribution >= 0.6 is 35.3 Å². The van der Waals surface area contributed by atoms with Gasteiger partial charge in [0.1, 0.15) is 10.8 Å². The summed E-state index contributed by atoms with van der Waals surface area (Å²) in [6.07, 6.45) is 0. The molecule has 2 aromatic rings. The van der Waals surface area contributed by atoms with Crippen LogP contribution in [0.25, 0.3) is 0 Å². The fourth-order valence-corrected chi connectivity index (χ4v) is 3.01. The maximum absolute atomic E-state index is 5.17. The van der Waals surface area contributed by atoms with Gasteiger partial charge in [-0.15, -0.1) is 35.3 Å². The summed E-state index contributed by atoms with van der Waals surface area (Å²) >= 11 is 1.68. The molecule has 1 aromatic carbocycles. The molecule has 5 nitrogen and oxygen atoms in total. The number of thiazole rings is 1. The Morgan fingerprint density at radius 2 is 1.80 bits per heavy atom. The van der Waals surface area contributed by atoms with E-state index in [2.05, 4.69) is 46.8 Å². The molecular formula is C18H27IN4OS. The number of halogens is 1. The molecule has 2 rings (SSSR count). The Hall–Kier alpha value is -1.35. The number of benzene rings is 1. The van der Waals surface area contributed by atoms with Gasteiger partial charge in [-0.25, -0.2) is 4.98 Å². The molecule has 0 saturated carbocycles. The number of hydrogen-bond donors (Lipinski definition) is 2. The number of aromatic nitrogens is 1. The Bertz CT molecular complexity index is 677. The SMILES string of the molecule is CN=C(NCc1ccc(OC)cc1)NCc1nc(C(C)(C)C)cs1.I. The molecule has 0 fully saturated rings. The summed E-state index contributed by atoms with van der Waals surface area (Å²) in [5.41, 5.74) is 2.39. The van der Waals surface area contributed by atoms with Crippen molar-refractivity contribution in [3.8, 4) is 5.75 Å². The molecular weight excluding hydrogens is 447 g/mol. The maximum Gasteiger partial charge on any atom is 0.191 e. The van der Waals surface area contributed by atoms with Crippen LogP contribution in [-0.2, 0) is 18.5 Å². The molecule has 7 heteroatoms. The van der Waals surface area contributed by atoms with Gasteiger partial charge < -0.3 is 15.4 Å². The topological polar surface area (TPSA) is 58.5 Å². The van der Waals surface area contributed by atoms with Gasteiger partial charge in [0.25, 0.3) is 0 Å². The average molecular weight is 474 g/mol. The fourth-order valence-electron chi connectivity index (χ4n) is 2.05. The summed E-state index contributed by atoms with van der Waals surface area (Å²) < 4.78 is 5.17. The van der Waals surface area contributed by atoms with Gasteiger partial charge in [-0.3, -0.25) is 4.99 Å². The van der Waals surface area contributed by atoms with Gasteiger partial charge in [-0.1, -0.05) is 32.9 Å². The first-order chi connectivity index (χ1) is 11.4. The van der Waals surface area contributed by atoms with Gasteiger partial charge in [0.15, 0.2) is 5.96 Å². The van der Waals surface area contributed by atoms with Crippen molar-refractivity contribution in [3.63, 3.8) is 0 Å². The monoisotopic (exact) mass is 474 g/mol. The molecule has 0 spiro atoms. The number of aliphatic imine (C=N–C) groups is 1. The first kappa shape index (κ1) is 21.7. The third-order valence-corrected chi connectivity index (χ3v) is 4.42. The fraction of sp³-hybridized carbons (Fsp3) is 0.444. The first-order valence-electron chi connectivity index (χ1n) is 7.94. The predicted octanol–water partition coefficient (Wildman–Crippen LogP) is 3.93. The van der Waals surface area contributed by atoms with Crippen molar-refractivity contribution in [3.05, 3.63) is 45.9 Å². The molecule has 138 valence electrons. The summed E-state index contributed by atoms with van der Waals surface area (Å²) in [5, 5.41) is 9.80. The number of hydrogen-bond acceptors (Lipinski definition) is 4. The van der Waals surface area contributed by atoms with E-state index in [1.54, 1.807) is 25.5 Å². The van der Waals surface area contributed by atoms with Gasteiger partial charge in [0, 0.05) is 24.4 Å². The molecule has 0 aliphatic heterocycles. The number of guanidine groups is 1. The van der Waals surface area contributed by atoms with E-state index in [0.717, 1.165) is 22.4 Å². The van der Waals surface area contributed by atoms with Crippen LogP contribution in [0.4, 0.5) is 0 Å².